The van der Waals surface area contributed by atoms with Crippen molar-refractivity contribution in [3.05, 3.63) is 64.6 Å². The maximum Gasteiger partial charge on any atom is 0.161 e. The van der Waals surface area contributed by atoms with Gasteiger partial charge in [-0.25, -0.2) is 18.2 Å². The van der Waals surface area contributed by atoms with E-state index in [-0.39, 0.29) is 17.6 Å². The van der Waals surface area contributed by atoms with Crippen LogP contribution in [0.15, 0.2) is 57.0 Å². The number of benzene rings is 1. The van der Waals surface area contributed by atoms with Gasteiger partial charge in [0, 0.05) is 18.3 Å². The Balaban J connectivity index is 0.000000419. The summed E-state index contributed by atoms with van der Waals surface area (Å²) in [4.78, 5) is 6.22. The molecule has 0 bridgehead atoms. The van der Waals surface area contributed by atoms with Gasteiger partial charge in [-0.3, -0.25) is 13.5 Å². The largest absolute Gasteiger partial charge is 0.358 e. The highest BCUT2D eigenvalue weighted by molar-refractivity contribution is 9.10. The van der Waals surface area contributed by atoms with Crippen LogP contribution in [-0.4, -0.2) is 25.7 Å². The van der Waals surface area contributed by atoms with Crippen molar-refractivity contribution in [2.45, 2.75) is 22.6 Å². The number of halogens is 5. The van der Waals surface area contributed by atoms with E-state index in [1.165, 1.54) is 12.3 Å². The maximum atomic E-state index is 13.9. The van der Waals surface area contributed by atoms with Crippen LogP contribution in [0.1, 0.15) is 12.8 Å². The topological polar surface area (TPSA) is 69.1 Å². The summed E-state index contributed by atoms with van der Waals surface area (Å²) in [6.07, 6.45) is 3.53. The van der Waals surface area contributed by atoms with Crippen molar-refractivity contribution in [3.8, 4) is 11.4 Å². The quantitative estimate of drug-likeness (QED) is 0.213. The summed E-state index contributed by atoms with van der Waals surface area (Å²) in [5, 5.41) is 0. The Morgan fingerprint density at radius 3 is 2.34 bits per heavy atom. The van der Waals surface area contributed by atoms with Crippen LogP contribution in [0.5, 0.6) is 0 Å². The molecule has 0 atom stereocenters. The van der Waals surface area contributed by atoms with E-state index in [0.29, 0.717) is 28.0 Å². The summed E-state index contributed by atoms with van der Waals surface area (Å²) in [6.45, 7) is -0.0833. The Morgan fingerprint density at radius 2 is 1.76 bits per heavy atom. The third kappa shape index (κ3) is 5.19. The monoisotopic (exact) mass is 492 g/mol. The third-order valence-electron chi connectivity index (χ3n) is 4.17. The zero-order valence-corrected chi connectivity index (χ0v) is 17.3. The van der Waals surface area contributed by atoms with Crippen molar-refractivity contribution < 1.29 is 26.7 Å². The lowest BCUT2D eigenvalue weighted by Crippen LogP contribution is -2.03. The fourth-order valence-corrected chi connectivity index (χ4v) is 4.07. The molecule has 3 N–H and O–H groups in total. The van der Waals surface area contributed by atoms with Crippen LogP contribution in [0.4, 0.5) is 17.6 Å². The summed E-state index contributed by atoms with van der Waals surface area (Å²) >= 11 is 3.22. The molecular formula is C19H17BrF4N2O2S. The zero-order chi connectivity index (χ0) is 21.2. The number of alkyl halides is 1. The molecule has 0 radical (unpaired) electrons. The van der Waals surface area contributed by atoms with Crippen molar-refractivity contribution in [2.75, 3.05) is 6.67 Å². The van der Waals surface area contributed by atoms with E-state index in [2.05, 4.69) is 25.9 Å². The van der Waals surface area contributed by atoms with Gasteiger partial charge in [-0.2, -0.15) is 0 Å². The molecule has 0 amide bonds. The van der Waals surface area contributed by atoms with Crippen LogP contribution in [0.25, 0.3) is 11.4 Å². The number of aromatic nitrogens is 2. The molecular weight excluding hydrogens is 476 g/mol. The van der Waals surface area contributed by atoms with E-state index >= 15 is 0 Å². The molecule has 10 heteroatoms. The molecule has 0 spiro atoms. The second kappa shape index (κ2) is 8.86. The molecule has 4 rings (SSSR count). The smallest absolute Gasteiger partial charge is 0.161 e. The molecule has 3 aromatic rings. The van der Waals surface area contributed by atoms with Crippen molar-refractivity contribution >= 4 is 26.5 Å². The van der Waals surface area contributed by atoms with Crippen LogP contribution in [-0.2, 0) is 0 Å². The Kier molecular flexibility index (Phi) is 6.67. The first-order chi connectivity index (χ1) is 13.7. The summed E-state index contributed by atoms with van der Waals surface area (Å²) in [6, 6.07) is 7.24. The van der Waals surface area contributed by atoms with E-state index in [0.717, 1.165) is 12.8 Å². The maximum absolute atomic E-state index is 13.9. The number of rotatable bonds is 4. The molecule has 1 fully saturated rings. The van der Waals surface area contributed by atoms with Crippen LogP contribution < -0.4 is 0 Å². The van der Waals surface area contributed by atoms with Gasteiger partial charge in [-0.15, -0.1) is 10.6 Å². The van der Waals surface area contributed by atoms with Gasteiger partial charge in [0.1, 0.15) is 15.3 Å². The molecule has 29 heavy (non-hydrogen) atoms. The number of aromatic amines is 1. The van der Waals surface area contributed by atoms with Crippen LogP contribution in [0.3, 0.4) is 0 Å². The molecule has 4 nitrogen and oxygen atoms in total. The van der Waals surface area contributed by atoms with Gasteiger partial charge in [-0.05, 0) is 52.9 Å². The zero-order valence-electron chi connectivity index (χ0n) is 14.9. The first-order valence-electron chi connectivity index (χ1n) is 8.52. The van der Waals surface area contributed by atoms with Crippen molar-refractivity contribution in [3.63, 3.8) is 0 Å². The number of nitrogens with zero attached hydrogens (tertiary/aromatic N) is 1. The lowest BCUT2D eigenvalue weighted by molar-refractivity contribution is 0.457. The number of pyridine rings is 1. The fourth-order valence-electron chi connectivity index (χ4n) is 2.37. The van der Waals surface area contributed by atoms with E-state index in [4.69, 9.17) is 0 Å². The highest BCUT2D eigenvalue weighted by Gasteiger charge is 2.26. The van der Waals surface area contributed by atoms with Crippen LogP contribution >= 0.6 is 26.5 Å². The van der Waals surface area contributed by atoms with Gasteiger partial charge >= 0.3 is 0 Å². The molecule has 0 unspecified atom stereocenters. The second-order valence-corrected chi connectivity index (χ2v) is 9.26. The molecule has 1 aliphatic carbocycles. The molecule has 2 heterocycles. The Morgan fingerprint density at radius 1 is 1.07 bits per heavy atom. The average Bonchev–Trinajstić information content (AvgIpc) is 3.39. The standard InChI is InChI=1S/C15H10BrF3N2O2S.C4H7F/c16-15-3-1-2-12(21-15)13-4-8(7-20-13)24(22,23)14-6-10(18)9(17)5-11(14)19;5-3-4-1-2-4/h1-7,20,22-23H;4H,1-3H2. The summed E-state index contributed by atoms with van der Waals surface area (Å²) in [5.74, 6) is -3.54. The fraction of sp³-hybridized carbons (Fsp3) is 0.211. The van der Waals surface area contributed by atoms with Crippen molar-refractivity contribution in [1.29, 1.82) is 0 Å². The van der Waals surface area contributed by atoms with Gasteiger partial charge in [-0.1, -0.05) is 6.07 Å². The third-order valence-corrected chi connectivity index (χ3v) is 6.43. The number of hydrogen-bond acceptors (Lipinski definition) is 3. The predicted octanol–water partition coefficient (Wildman–Crippen LogP) is 6.79. The SMILES string of the molecule is FCC1CC1.OS(O)(c1c[nH]c(-c2cccc(Br)n2)c1)c1cc(F)c(F)cc1F. The van der Waals surface area contributed by atoms with Crippen molar-refractivity contribution in [2.24, 2.45) is 5.92 Å². The van der Waals surface area contributed by atoms with Crippen LogP contribution in [0.2, 0.25) is 0 Å². The molecule has 2 aromatic heterocycles. The highest BCUT2D eigenvalue weighted by Crippen LogP contribution is 2.57. The summed E-state index contributed by atoms with van der Waals surface area (Å²) < 4.78 is 72.6. The van der Waals surface area contributed by atoms with E-state index in [9.17, 15) is 26.7 Å². The van der Waals surface area contributed by atoms with E-state index in [1.807, 2.05) is 0 Å². The number of hydrogen-bond donors (Lipinski definition) is 3. The summed E-state index contributed by atoms with van der Waals surface area (Å²) in [5.41, 5.74) is 0.964. The Labute approximate surface area is 174 Å². The van der Waals surface area contributed by atoms with Gasteiger partial charge in [0.2, 0.25) is 0 Å². The molecule has 0 saturated heterocycles. The average molecular weight is 493 g/mol. The lowest BCUT2D eigenvalue weighted by Gasteiger charge is -2.31. The Bertz CT molecular complexity index is 1010. The van der Waals surface area contributed by atoms with Crippen LogP contribution in [0, 0.1) is 23.4 Å². The van der Waals surface area contributed by atoms with E-state index in [1.54, 1.807) is 18.2 Å². The second-order valence-electron chi connectivity index (χ2n) is 6.44. The molecule has 1 aromatic carbocycles. The molecule has 1 aliphatic rings. The minimum Gasteiger partial charge on any atom is -0.358 e. The molecule has 0 aliphatic heterocycles. The minimum absolute atomic E-state index is 0.0656. The number of nitrogens with one attached hydrogen (secondary N) is 1. The van der Waals surface area contributed by atoms with Crippen molar-refractivity contribution in [1.82, 2.24) is 9.97 Å². The minimum atomic E-state index is -3.86. The van der Waals surface area contributed by atoms with Gasteiger partial charge in [0.25, 0.3) is 0 Å². The van der Waals surface area contributed by atoms with Gasteiger partial charge in [0.15, 0.2) is 11.6 Å². The van der Waals surface area contributed by atoms with E-state index < -0.39 is 32.9 Å². The number of H-pyrrole nitrogens is 1. The normalized spacial score (nSPS) is 14.3. The van der Waals surface area contributed by atoms with Gasteiger partial charge in [0.05, 0.1) is 23.0 Å². The molecule has 156 valence electrons. The van der Waals surface area contributed by atoms with Gasteiger partial charge < -0.3 is 4.98 Å². The first-order valence-corrected chi connectivity index (χ1v) is 10.9. The predicted molar refractivity (Wildman–Crippen MR) is 106 cm³/mol. The molecule has 1 saturated carbocycles. The first kappa shape index (κ1) is 21.8. The highest BCUT2D eigenvalue weighted by atomic mass is 79.9. The summed E-state index contributed by atoms with van der Waals surface area (Å²) in [7, 11) is -3.86. The Hall–Kier alpha value is -1.88. The lowest BCUT2D eigenvalue weighted by atomic mass is 10.3.